The summed E-state index contributed by atoms with van der Waals surface area (Å²) in [6.45, 7) is 5.77. The SMILES string of the molecule is CC(C)(C)OCNCC(F)CO. The van der Waals surface area contributed by atoms with Crippen LogP contribution in [0.2, 0.25) is 0 Å². The Morgan fingerprint density at radius 3 is 2.50 bits per heavy atom. The highest BCUT2D eigenvalue weighted by Crippen LogP contribution is 2.04. The molecule has 0 radical (unpaired) electrons. The summed E-state index contributed by atoms with van der Waals surface area (Å²) in [7, 11) is 0. The van der Waals surface area contributed by atoms with Gasteiger partial charge in [-0.05, 0) is 20.8 Å². The third kappa shape index (κ3) is 7.91. The first-order chi connectivity index (χ1) is 5.45. The van der Waals surface area contributed by atoms with Gasteiger partial charge in [-0.2, -0.15) is 0 Å². The molecule has 0 aromatic heterocycles. The lowest BCUT2D eigenvalue weighted by molar-refractivity contribution is -0.0158. The van der Waals surface area contributed by atoms with Crippen molar-refractivity contribution in [2.75, 3.05) is 19.9 Å². The third-order valence-corrected chi connectivity index (χ3v) is 1.17. The Labute approximate surface area is 72.9 Å². The van der Waals surface area contributed by atoms with Crippen molar-refractivity contribution < 1.29 is 14.2 Å². The van der Waals surface area contributed by atoms with E-state index in [2.05, 4.69) is 5.32 Å². The fourth-order valence-corrected chi connectivity index (χ4v) is 0.548. The van der Waals surface area contributed by atoms with Crippen LogP contribution < -0.4 is 5.32 Å². The first-order valence-corrected chi connectivity index (χ1v) is 4.05. The van der Waals surface area contributed by atoms with Crippen LogP contribution in [0.15, 0.2) is 0 Å². The smallest absolute Gasteiger partial charge is 0.135 e. The molecule has 3 nitrogen and oxygen atoms in total. The predicted octanol–water partition coefficient (Wildman–Crippen LogP) is 0.679. The highest BCUT2D eigenvalue weighted by Gasteiger charge is 2.09. The van der Waals surface area contributed by atoms with Gasteiger partial charge in [0.1, 0.15) is 6.17 Å². The van der Waals surface area contributed by atoms with Crippen molar-refractivity contribution in [2.45, 2.75) is 32.5 Å². The Bertz CT molecular complexity index is 114. The summed E-state index contributed by atoms with van der Waals surface area (Å²) >= 11 is 0. The lowest BCUT2D eigenvalue weighted by Gasteiger charge is -2.19. The minimum absolute atomic E-state index is 0.132. The van der Waals surface area contributed by atoms with Gasteiger partial charge in [0.25, 0.3) is 0 Å². The van der Waals surface area contributed by atoms with Crippen LogP contribution in [0.3, 0.4) is 0 Å². The largest absolute Gasteiger partial charge is 0.393 e. The molecule has 0 spiro atoms. The van der Waals surface area contributed by atoms with E-state index in [1.807, 2.05) is 20.8 Å². The maximum absolute atomic E-state index is 12.4. The zero-order valence-electron chi connectivity index (χ0n) is 7.93. The van der Waals surface area contributed by atoms with Gasteiger partial charge in [-0.3, -0.25) is 5.32 Å². The molecule has 4 heteroatoms. The van der Waals surface area contributed by atoms with E-state index in [1.54, 1.807) is 0 Å². The topological polar surface area (TPSA) is 41.5 Å². The van der Waals surface area contributed by atoms with Gasteiger partial charge < -0.3 is 9.84 Å². The minimum atomic E-state index is -1.20. The molecule has 0 rings (SSSR count). The maximum atomic E-state index is 12.4. The monoisotopic (exact) mass is 179 g/mol. The fraction of sp³-hybridized carbons (Fsp3) is 1.00. The lowest BCUT2D eigenvalue weighted by atomic mass is 10.2. The molecule has 0 aliphatic carbocycles. The van der Waals surface area contributed by atoms with E-state index in [4.69, 9.17) is 9.84 Å². The zero-order chi connectivity index (χ0) is 9.61. The van der Waals surface area contributed by atoms with E-state index >= 15 is 0 Å². The first kappa shape index (κ1) is 11.8. The highest BCUT2D eigenvalue weighted by atomic mass is 19.1. The van der Waals surface area contributed by atoms with Gasteiger partial charge in [0.05, 0.1) is 18.9 Å². The van der Waals surface area contributed by atoms with Gasteiger partial charge in [-0.25, -0.2) is 4.39 Å². The Balaban J connectivity index is 3.22. The zero-order valence-corrected chi connectivity index (χ0v) is 7.93. The summed E-state index contributed by atoms with van der Waals surface area (Å²) in [6.07, 6.45) is -1.20. The number of alkyl halides is 1. The van der Waals surface area contributed by atoms with E-state index in [0.29, 0.717) is 6.73 Å². The van der Waals surface area contributed by atoms with Gasteiger partial charge in [0.2, 0.25) is 0 Å². The van der Waals surface area contributed by atoms with E-state index in [9.17, 15) is 4.39 Å². The molecule has 0 saturated carbocycles. The third-order valence-electron chi connectivity index (χ3n) is 1.17. The molecule has 1 unspecified atom stereocenters. The van der Waals surface area contributed by atoms with Crippen molar-refractivity contribution in [3.8, 4) is 0 Å². The summed E-state index contributed by atoms with van der Waals surface area (Å²) in [5.74, 6) is 0. The van der Waals surface area contributed by atoms with Crippen LogP contribution in [-0.2, 0) is 4.74 Å². The number of nitrogens with one attached hydrogen (secondary N) is 1. The number of aliphatic hydroxyl groups excluding tert-OH is 1. The Kier molecular flexibility index (Phi) is 5.37. The second-order valence-corrected chi connectivity index (χ2v) is 3.64. The van der Waals surface area contributed by atoms with E-state index in [1.165, 1.54) is 0 Å². The second kappa shape index (κ2) is 5.45. The minimum Gasteiger partial charge on any atom is -0.393 e. The summed E-state index contributed by atoms with van der Waals surface area (Å²) < 4.78 is 17.6. The molecule has 12 heavy (non-hydrogen) atoms. The van der Waals surface area contributed by atoms with Crippen LogP contribution in [-0.4, -0.2) is 36.8 Å². The number of hydrogen-bond donors (Lipinski definition) is 2. The molecular formula is C8H18FNO2. The summed E-state index contributed by atoms with van der Waals surface area (Å²) in [5, 5.41) is 11.1. The molecule has 0 bridgehead atoms. The van der Waals surface area contributed by atoms with Crippen molar-refractivity contribution in [1.82, 2.24) is 5.32 Å². The van der Waals surface area contributed by atoms with Gasteiger partial charge >= 0.3 is 0 Å². The fourth-order valence-electron chi connectivity index (χ4n) is 0.548. The van der Waals surface area contributed by atoms with Crippen molar-refractivity contribution in [3.05, 3.63) is 0 Å². The van der Waals surface area contributed by atoms with E-state index in [0.717, 1.165) is 0 Å². The highest BCUT2D eigenvalue weighted by molar-refractivity contribution is 4.59. The Morgan fingerprint density at radius 1 is 1.50 bits per heavy atom. The van der Waals surface area contributed by atoms with Crippen LogP contribution in [0.25, 0.3) is 0 Å². The van der Waals surface area contributed by atoms with Gasteiger partial charge in [0.15, 0.2) is 0 Å². The van der Waals surface area contributed by atoms with Crippen molar-refractivity contribution >= 4 is 0 Å². The average molecular weight is 179 g/mol. The molecule has 0 amide bonds. The molecular weight excluding hydrogens is 161 g/mol. The molecule has 0 saturated heterocycles. The van der Waals surface area contributed by atoms with Crippen LogP contribution in [0.5, 0.6) is 0 Å². The summed E-state index contributed by atoms with van der Waals surface area (Å²) in [4.78, 5) is 0. The Morgan fingerprint density at radius 2 is 2.08 bits per heavy atom. The van der Waals surface area contributed by atoms with Gasteiger partial charge in [0, 0.05) is 6.54 Å². The van der Waals surface area contributed by atoms with Gasteiger partial charge in [-0.15, -0.1) is 0 Å². The number of ether oxygens (including phenoxy) is 1. The quantitative estimate of drug-likeness (QED) is 0.481. The van der Waals surface area contributed by atoms with E-state index < -0.39 is 12.8 Å². The van der Waals surface area contributed by atoms with Crippen molar-refractivity contribution in [1.29, 1.82) is 0 Å². The molecule has 0 aromatic rings. The molecule has 2 N–H and O–H groups in total. The summed E-state index contributed by atoms with van der Waals surface area (Å²) in [6, 6.07) is 0. The van der Waals surface area contributed by atoms with Crippen LogP contribution in [0.1, 0.15) is 20.8 Å². The van der Waals surface area contributed by atoms with Crippen LogP contribution >= 0.6 is 0 Å². The molecule has 0 aliphatic heterocycles. The predicted molar refractivity (Wildman–Crippen MR) is 45.7 cm³/mol. The number of aliphatic hydroxyl groups is 1. The van der Waals surface area contributed by atoms with Crippen LogP contribution in [0, 0.1) is 0 Å². The van der Waals surface area contributed by atoms with E-state index in [-0.39, 0.29) is 12.1 Å². The van der Waals surface area contributed by atoms with Crippen molar-refractivity contribution in [3.63, 3.8) is 0 Å². The summed E-state index contributed by atoms with van der Waals surface area (Å²) in [5.41, 5.74) is -0.210. The molecule has 0 aromatic carbocycles. The molecule has 1 atom stereocenters. The molecule has 0 aliphatic rings. The Hall–Kier alpha value is -0.190. The molecule has 74 valence electrons. The molecule has 0 heterocycles. The lowest BCUT2D eigenvalue weighted by Crippen LogP contribution is -2.32. The number of rotatable bonds is 5. The average Bonchev–Trinajstić information content (AvgIpc) is 1.96. The normalized spacial score (nSPS) is 14.8. The maximum Gasteiger partial charge on any atom is 0.135 e. The number of hydrogen-bond acceptors (Lipinski definition) is 3. The standard InChI is InChI=1S/C8H18FNO2/c1-8(2,3)12-6-10-4-7(9)5-11/h7,10-11H,4-6H2,1-3H3. The van der Waals surface area contributed by atoms with Crippen LogP contribution in [0.4, 0.5) is 4.39 Å². The molecule has 0 fully saturated rings. The van der Waals surface area contributed by atoms with Gasteiger partial charge in [-0.1, -0.05) is 0 Å². The number of halogens is 1. The van der Waals surface area contributed by atoms with Crippen molar-refractivity contribution in [2.24, 2.45) is 0 Å². The second-order valence-electron chi connectivity index (χ2n) is 3.64. The first-order valence-electron chi connectivity index (χ1n) is 4.05.